The van der Waals surface area contributed by atoms with E-state index in [0.717, 1.165) is 0 Å². The number of hydrogen-bond acceptors (Lipinski definition) is 4. The molecule has 0 radical (unpaired) electrons. The average molecular weight is 280 g/mol. The molecule has 0 bridgehead atoms. The van der Waals surface area contributed by atoms with Crippen molar-refractivity contribution >= 4 is 23.2 Å². The fraction of sp³-hybridized carbons (Fsp3) is 0.385. The maximum atomic E-state index is 12.1. The molecule has 1 N–H and O–H groups in total. The van der Waals surface area contributed by atoms with Crippen molar-refractivity contribution < 1.29 is 14.3 Å². The highest BCUT2D eigenvalue weighted by Gasteiger charge is 2.16. The van der Waals surface area contributed by atoms with E-state index in [4.69, 9.17) is 21.7 Å². The van der Waals surface area contributed by atoms with Crippen LogP contribution < -0.4 is 10.1 Å². The maximum absolute atomic E-state index is 12.1. The molecule has 1 aliphatic rings. The Balaban J connectivity index is 1.97. The third kappa shape index (κ3) is 3.65. The van der Waals surface area contributed by atoms with E-state index < -0.39 is 0 Å². The molecule has 19 heavy (non-hydrogen) atoms. The number of methoxy groups -OCH3 is 1. The van der Waals surface area contributed by atoms with Crippen molar-refractivity contribution in [3.63, 3.8) is 0 Å². The van der Waals surface area contributed by atoms with Crippen LogP contribution in [-0.4, -0.2) is 49.3 Å². The van der Waals surface area contributed by atoms with Crippen LogP contribution in [0.5, 0.6) is 5.75 Å². The van der Waals surface area contributed by atoms with Gasteiger partial charge in [-0.15, -0.1) is 0 Å². The van der Waals surface area contributed by atoms with Crippen LogP contribution in [0.2, 0.25) is 0 Å². The first-order valence-electron chi connectivity index (χ1n) is 6.03. The minimum absolute atomic E-state index is 0.226. The van der Waals surface area contributed by atoms with Crippen molar-refractivity contribution in [2.24, 2.45) is 0 Å². The second-order valence-electron chi connectivity index (χ2n) is 4.09. The Hall–Kier alpha value is -1.66. The van der Waals surface area contributed by atoms with Gasteiger partial charge < -0.3 is 14.4 Å². The number of morpholine rings is 1. The Bertz CT molecular complexity index is 473. The molecule has 0 atom stereocenters. The molecule has 1 heterocycles. The minimum atomic E-state index is -0.226. The second kappa shape index (κ2) is 6.49. The van der Waals surface area contributed by atoms with Gasteiger partial charge in [-0.3, -0.25) is 10.1 Å². The van der Waals surface area contributed by atoms with Crippen LogP contribution in [0.1, 0.15) is 10.4 Å². The first-order valence-corrected chi connectivity index (χ1v) is 6.43. The van der Waals surface area contributed by atoms with Gasteiger partial charge in [0.2, 0.25) is 0 Å². The number of rotatable bonds is 2. The van der Waals surface area contributed by atoms with Crippen molar-refractivity contribution in [2.75, 3.05) is 33.4 Å². The maximum Gasteiger partial charge on any atom is 0.257 e. The first-order chi connectivity index (χ1) is 9.20. The Morgan fingerprint density at radius 2 is 2.16 bits per heavy atom. The lowest BCUT2D eigenvalue weighted by atomic mass is 10.2. The molecule has 1 fully saturated rings. The molecule has 0 saturated carbocycles. The van der Waals surface area contributed by atoms with Crippen LogP contribution in [0.4, 0.5) is 0 Å². The van der Waals surface area contributed by atoms with E-state index in [0.29, 0.717) is 42.7 Å². The summed E-state index contributed by atoms with van der Waals surface area (Å²) in [6.07, 6.45) is 0. The summed E-state index contributed by atoms with van der Waals surface area (Å²) in [5, 5.41) is 3.17. The van der Waals surface area contributed by atoms with E-state index in [2.05, 4.69) is 5.32 Å². The Labute approximate surface area is 117 Å². The van der Waals surface area contributed by atoms with Crippen molar-refractivity contribution in [3.05, 3.63) is 29.8 Å². The average Bonchev–Trinajstić information content (AvgIpc) is 2.48. The number of ether oxygens (including phenoxy) is 2. The molecular formula is C13H16N2O3S. The van der Waals surface area contributed by atoms with Gasteiger partial charge in [-0.2, -0.15) is 0 Å². The summed E-state index contributed by atoms with van der Waals surface area (Å²) in [5.41, 5.74) is 0.523. The standard InChI is InChI=1S/C13H16N2O3S/c1-17-11-4-2-3-10(9-11)12(16)14-13(19)15-5-7-18-8-6-15/h2-4,9H,5-8H2,1H3,(H,14,16,19). The normalized spacial score (nSPS) is 14.9. The first kappa shape index (κ1) is 13.8. The third-order valence-corrected chi connectivity index (χ3v) is 3.21. The van der Waals surface area contributed by atoms with Crippen molar-refractivity contribution in [1.82, 2.24) is 10.2 Å². The molecule has 0 unspecified atom stereocenters. The number of nitrogens with zero attached hydrogens (tertiary/aromatic N) is 1. The number of thiocarbonyl (C=S) groups is 1. The van der Waals surface area contributed by atoms with Gasteiger partial charge in [-0.05, 0) is 30.4 Å². The zero-order chi connectivity index (χ0) is 13.7. The molecular weight excluding hydrogens is 264 g/mol. The highest BCUT2D eigenvalue weighted by Crippen LogP contribution is 2.12. The van der Waals surface area contributed by atoms with Crippen LogP contribution in [-0.2, 0) is 4.74 Å². The van der Waals surface area contributed by atoms with Gasteiger partial charge >= 0.3 is 0 Å². The Morgan fingerprint density at radius 3 is 2.84 bits per heavy atom. The number of carbonyl (C=O) groups is 1. The van der Waals surface area contributed by atoms with Crippen LogP contribution in [0.3, 0.4) is 0 Å². The van der Waals surface area contributed by atoms with Crippen LogP contribution in [0, 0.1) is 0 Å². The summed E-state index contributed by atoms with van der Waals surface area (Å²) in [7, 11) is 1.56. The molecule has 6 heteroatoms. The molecule has 1 aromatic carbocycles. The molecule has 5 nitrogen and oxygen atoms in total. The van der Waals surface area contributed by atoms with E-state index in [1.165, 1.54) is 0 Å². The van der Waals surface area contributed by atoms with Gasteiger partial charge in [0.05, 0.1) is 20.3 Å². The van der Waals surface area contributed by atoms with Gasteiger partial charge in [-0.1, -0.05) is 6.07 Å². The summed E-state index contributed by atoms with van der Waals surface area (Å²) in [5.74, 6) is 0.417. The van der Waals surface area contributed by atoms with Crippen molar-refractivity contribution in [2.45, 2.75) is 0 Å². The Morgan fingerprint density at radius 1 is 1.42 bits per heavy atom. The van der Waals surface area contributed by atoms with Crippen LogP contribution >= 0.6 is 12.2 Å². The van der Waals surface area contributed by atoms with Gasteiger partial charge in [0.15, 0.2) is 5.11 Å². The lowest BCUT2D eigenvalue weighted by Gasteiger charge is -2.28. The zero-order valence-electron chi connectivity index (χ0n) is 10.7. The van der Waals surface area contributed by atoms with Gasteiger partial charge in [0.1, 0.15) is 5.75 Å². The highest BCUT2D eigenvalue weighted by molar-refractivity contribution is 7.80. The van der Waals surface area contributed by atoms with Gasteiger partial charge in [0.25, 0.3) is 5.91 Å². The molecule has 1 aromatic rings. The molecule has 1 aliphatic heterocycles. The quantitative estimate of drug-likeness (QED) is 0.820. The predicted octanol–water partition coefficient (Wildman–Crippen LogP) is 1.04. The predicted molar refractivity (Wildman–Crippen MR) is 75.5 cm³/mol. The fourth-order valence-corrected chi connectivity index (χ4v) is 2.05. The lowest BCUT2D eigenvalue weighted by molar-refractivity contribution is 0.0669. The number of hydrogen-bond donors (Lipinski definition) is 1. The molecule has 2 rings (SSSR count). The van der Waals surface area contributed by atoms with Crippen molar-refractivity contribution in [1.29, 1.82) is 0 Å². The molecule has 1 amide bonds. The smallest absolute Gasteiger partial charge is 0.257 e. The number of nitrogens with one attached hydrogen (secondary N) is 1. The van der Waals surface area contributed by atoms with Crippen molar-refractivity contribution in [3.8, 4) is 5.75 Å². The van der Waals surface area contributed by atoms with E-state index in [1.807, 2.05) is 4.90 Å². The van der Waals surface area contributed by atoms with E-state index in [-0.39, 0.29) is 5.91 Å². The minimum Gasteiger partial charge on any atom is -0.497 e. The largest absolute Gasteiger partial charge is 0.497 e. The summed E-state index contributed by atoms with van der Waals surface area (Å²) >= 11 is 5.22. The number of amides is 1. The number of carbonyl (C=O) groups excluding carboxylic acids is 1. The molecule has 0 aliphatic carbocycles. The van der Waals surface area contributed by atoms with E-state index >= 15 is 0 Å². The molecule has 1 saturated heterocycles. The van der Waals surface area contributed by atoms with Crippen LogP contribution in [0.25, 0.3) is 0 Å². The summed E-state index contributed by atoms with van der Waals surface area (Å²) in [4.78, 5) is 14.0. The molecule has 0 aromatic heterocycles. The summed E-state index contributed by atoms with van der Waals surface area (Å²) in [6.45, 7) is 2.68. The van der Waals surface area contributed by atoms with Crippen LogP contribution in [0.15, 0.2) is 24.3 Å². The van der Waals surface area contributed by atoms with E-state index in [1.54, 1.807) is 31.4 Å². The topological polar surface area (TPSA) is 50.8 Å². The van der Waals surface area contributed by atoms with Gasteiger partial charge in [0, 0.05) is 18.7 Å². The van der Waals surface area contributed by atoms with Gasteiger partial charge in [-0.25, -0.2) is 0 Å². The SMILES string of the molecule is COc1cccc(C(=O)NC(=S)N2CCOCC2)c1. The highest BCUT2D eigenvalue weighted by atomic mass is 32.1. The Kier molecular flexibility index (Phi) is 4.70. The number of benzene rings is 1. The molecule has 0 spiro atoms. The summed E-state index contributed by atoms with van der Waals surface area (Å²) in [6, 6.07) is 6.96. The lowest BCUT2D eigenvalue weighted by Crippen LogP contribution is -2.47. The summed E-state index contributed by atoms with van der Waals surface area (Å²) < 4.78 is 10.3. The third-order valence-electron chi connectivity index (χ3n) is 2.85. The molecule has 102 valence electrons. The fourth-order valence-electron chi connectivity index (χ4n) is 1.78. The monoisotopic (exact) mass is 280 g/mol. The zero-order valence-corrected chi connectivity index (χ0v) is 11.5. The second-order valence-corrected chi connectivity index (χ2v) is 4.48. The van der Waals surface area contributed by atoms with E-state index in [9.17, 15) is 4.79 Å².